The summed E-state index contributed by atoms with van der Waals surface area (Å²) >= 11 is 0. The van der Waals surface area contributed by atoms with Crippen LogP contribution in [0.25, 0.3) is 0 Å². The number of aromatic nitrogens is 2. The number of aryl methyl sites for hydroxylation is 2. The van der Waals surface area contributed by atoms with Crippen LogP contribution < -0.4 is 0 Å². The van der Waals surface area contributed by atoms with Crippen LogP contribution in [0.15, 0.2) is 59.1 Å². The van der Waals surface area contributed by atoms with Crippen LogP contribution in [0.2, 0.25) is 0 Å². The van der Waals surface area contributed by atoms with Crippen LogP contribution in [-0.2, 0) is 19.3 Å². The summed E-state index contributed by atoms with van der Waals surface area (Å²) in [4.78, 5) is 6.86. The van der Waals surface area contributed by atoms with Crippen LogP contribution in [0.3, 0.4) is 0 Å². The Labute approximate surface area is 184 Å². The third kappa shape index (κ3) is 5.79. The first-order chi connectivity index (χ1) is 15.1. The van der Waals surface area contributed by atoms with Crippen LogP contribution in [0.4, 0.5) is 4.39 Å². The molecule has 0 N–H and O–H groups in total. The number of hydrogen-bond donors (Lipinski definition) is 0. The van der Waals surface area contributed by atoms with Crippen molar-refractivity contribution in [1.82, 2.24) is 15.0 Å². The van der Waals surface area contributed by atoms with Crippen molar-refractivity contribution in [3.8, 4) is 0 Å². The van der Waals surface area contributed by atoms with Crippen LogP contribution in [-0.4, -0.2) is 29.1 Å². The molecule has 1 aliphatic carbocycles. The molecule has 0 bridgehead atoms. The van der Waals surface area contributed by atoms with Crippen molar-refractivity contribution in [2.75, 3.05) is 14.1 Å². The van der Waals surface area contributed by atoms with Crippen molar-refractivity contribution in [3.63, 3.8) is 0 Å². The van der Waals surface area contributed by atoms with Gasteiger partial charge < -0.3 is 9.42 Å². The number of benzene rings is 2. The van der Waals surface area contributed by atoms with Crippen LogP contribution in [0.1, 0.15) is 54.6 Å². The zero-order chi connectivity index (χ0) is 21.6. The van der Waals surface area contributed by atoms with Gasteiger partial charge in [0.05, 0.1) is 0 Å². The van der Waals surface area contributed by atoms with Crippen molar-refractivity contribution >= 4 is 0 Å². The Balaban J connectivity index is 1.29. The van der Waals surface area contributed by atoms with Gasteiger partial charge in [-0.05, 0) is 81.3 Å². The van der Waals surface area contributed by atoms with Gasteiger partial charge in [0.2, 0.25) is 5.89 Å². The standard InChI is InChI=1S/C26H32FN3O/c1-30(2)26(22-9-6-10-23(27)18-22)21-14-11-20(12-15-21)17-25-28-24(29-31-25)16-13-19-7-4-3-5-8-19/h3-10,18,20-21,26H,11-17H2,1-2H3. The Morgan fingerprint density at radius 1 is 1.00 bits per heavy atom. The maximum atomic E-state index is 13.8. The monoisotopic (exact) mass is 421 g/mol. The van der Waals surface area contributed by atoms with E-state index in [9.17, 15) is 4.39 Å². The second kappa shape index (κ2) is 10.2. The normalized spacial score (nSPS) is 20.1. The van der Waals surface area contributed by atoms with Gasteiger partial charge in [-0.2, -0.15) is 4.98 Å². The average Bonchev–Trinajstić information content (AvgIpc) is 3.21. The Morgan fingerprint density at radius 3 is 2.48 bits per heavy atom. The molecular formula is C26H32FN3O. The highest BCUT2D eigenvalue weighted by Gasteiger charge is 2.31. The first-order valence-corrected chi connectivity index (χ1v) is 11.4. The highest BCUT2D eigenvalue weighted by Crippen LogP contribution is 2.40. The molecule has 0 amide bonds. The Morgan fingerprint density at radius 2 is 1.77 bits per heavy atom. The van der Waals surface area contributed by atoms with Gasteiger partial charge in [0, 0.05) is 18.9 Å². The molecule has 1 heterocycles. The smallest absolute Gasteiger partial charge is 0.226 e. The first-order valence-electron chi connectivity index (χ1n) is 11.4. The molecule has 5 heteroatoms. The lowest BCUT2D eigenvalue weighted by atomic mass is 9.75. The van der Waals surface area contributed by atoms with Gasteiger partial charge in [-0.15, -0.1) is 0 Å². The maximum absolute atomic E-state index is 13.8. The molecule has 164 valence electrons. The van der Waals surface area contributed by atoms with Crippen LogP contribution in [0.5, 0.6) is 0 Å². The van der Waals surface area contributed by atoms with Gasteiger partial charge in [-0.3, -0.25) is 0 Å². The van der Waals surface area contributed by atoms with Gasteiger partial charge in [-0.1, -0.05) is 47.6 Å². The van der Waals surface area contributed by atoms with E-state index < -0.39 is 0 Å². The topological polar surface area (TPSA) is 42.2 Å². The zero-order valence-corrected chi connectivity index (χ0v) is 18.5. The molecule has 1 unspecified atom stereocenters. The molecule has 1 atom stereocenters. The van der Waals surface area contributed by atoms with E-state index in [1.807, 2.05) is 12.1 Å². The number of hydrogen-bond acceptors (Lipinski definition) is 4. The molecule has 2 aromatic carbocycles. The summed E-state index contributed by atoms with van der Waals surface area (Å²) in [6.45, 7) is 0. The number of halogens is 1. The van der Waals surface area contributed by atoms with Crippen LogP contribution in [0, 0.1) is 17.7 Å². The van der Waals surface area contributed by atoms with E-state index in [1.165, 1.54) is 11.6 Å². The fourth-order valence-corrected chi connectivity index (χ4v) is 5.01. The summed E-state index contributed by atoms with van der Waals surface area (Å²) in [6, 6.07) is 17.7. The minimum absolute atomic E-state index is 0.155. The predicted molar refractivity (Wildman–Crippen MR) is 120 cm³/mol. The molecular weight excluding hydrogens is 389 g/mol. The van der Waals surface area contributed by atoms with E-state index in [0.717, 1.165) is 62.2 Å². The Kier molecular flexibility index (Phi) is 7.13. The molecule has 0 radical (unpaired) electrons. The van der Waals surface area contributed by atoms with Crippen molar-refractivity contribution in [3.05, 3.63) is 83.3 Å². The Hall–Kier alpha value is -2.53. The molecule has 1 aromatic heterocycles. The fourth-order valence-electron chi connectivity index (χ4n) is 5.01. The van der Waals surface area contributed by atoms with Gasteiger partial charge in [0.15, 0.2) is 5.82 Å². The molecule has 4 rings (SSSR count). The van der Waals surface area contributed by atoms with E-state index in [0.29, 0.717) is 11.8 Å². The number of rotatable bonds is 8. The van der Waals surface area contributed by atoms with Gasteiger partial charge in [-0.25, -0.2) is 4.39 Å². The predicted octanol–water partition coefficient (Wildman–Crippen LogP) is 5.65. The zero-order valence-electron chi connectivity index (χ0n) is 18.5. The number of nitrogens with zero attached hydrogens (tertiary/aromatic N) is 3. The molecule has 1 saturated carbocycles. The van der Waals surface area contributed by atoms with Crippen molar-refractivity contribution in [1.29, 1.82) is 0 Å². The molecule has 0 saturated heterocycles. The second-order valence-corrected chi connectivity index (χ2v) is 9.04. The average molecular weight is 422 g/mol. The van der Waals surface area contributed by atoms with Crippen molar-refractivity contribution in [2.45, 2.75) is 51.0 Å². The summed E-state index contributed by atoms with van der Waals surface area (Å²) < 4.78 is 19.3. The summed E-state index contributed by atoms with van der Waals surface area (Å²) in [6.07, 6.45) is 7.16. The van der Waals surface area contributed by atoms with Crippen molar-refractivity contribution < 1.29 is 8.91 Å². The molecule has 31 heavy (non-hydrogen) atoms. The maximum Gasteiger partial charge on any atom is 0.226 e. The van der Waals surface area contributed by atoms with E-state index in [1.54, 1.807) is 6.07 Å². The lowest BCUT2D eigenvalue weighted by molar-refractivity contribution is 0.145. The molecule has 1 fully saturated rings. The third-order valence-corrected chi connectivity index (χ3v) is 6.54. The van der Waals surface area contributed by atoms with E-state index in [2.05, 4.69) is 59.5 Å². The summed E-state index contributed by atoms with van der Waals surface area (Å²) in [5, 5.41) is 4.18. The van der Waals surface area contributed by atoms with Crippen LogP contribution >= 0.6 is 0 Å². The lowest BCUT2D eigenvalue weighted by Crippen LogP contribution is -2.30. The molecule has 1 aliphatic rings. The van der Waals surface area contributed by atoms with Gasteiger partial charge >= 0.3 is 0 Å². The highest BCUT2D eigenvalue weighted by molar-refractivity contribution is 5.21. The minimum atomic E-state index is -0.155. The lowest BCUT2D eigenvalue weighted by Gasteiger charge is -2.37. The van der Waals surface area contributed by atoms with Gasteiger partial charge in [0.1, 0.15) is 5.82 Å². The molecule has 4 nitrogen and oxygen atoms in total. The minimum Gasteiger partial charge on any atom is -0.339 e. The highest BCUT2D eigenvalue weighted by atomic mass is 19.1. The largest absolute Gasteiger partial charge is 0.339 e. The summed E-state index contributed by atoms with van der Waals surface area (Å²) in [5.74, 6) is 2.52. The SMILES string of the molecule is CN(C)C(c1cccc(F)c1)C1CCC(Cc2nc(CCc3ccccc3)no2)CC1. The third-order valence-electron chi connectivity index (χ3n) is 6.54. The quantitative estimate of drug-likeness (QED) is 0.472. The van der Waals surface area contributed by atoms with E-state index in [4.69, 9.17) is 4.52 Å². The first kappa shape index (κ1) is 21.7. The van der Waals surface area contributed by atoms with Crippen molar-refractivity contribution in [2.24, 2.45) is 11.8 Å². The Bertz CT molecular complexity index is 948. The summed E-state index contributed by atoms with van der Waals surface area (Å²) in [7, 11) is 4.19. The second-order valence-electron chi connectivity index (χ2n) is 9.04. The summed E-state index contributed by atoms with van der Waals surface area (Å²) in [5.41, 5.74) is 2.37. The molecule has 0 spiro atoms. The van der Waals surface area contributed by atoms with E-state index >= 15 is 0 Å². The van der Waals surface area contributed by atoms with E-state index in [-0.39, 0.29) is 11.9 Å². The molecule has 0 aliphatic heterocycles. The molecule has 3 aromatic rings. The van der Waals surface area contributed by atoms with Gasteiger partial charge in [0.25, 0.3) is 0 Å². The fraction of sp³-hybridized carbons (Fsp3) is 0.462.